The van der Waals surface area contributed by atoms with Gasteiger partial charge in [-0.3, -0.25) is 4.18 Å². The molecule has 5 nitrogen and oxygen atoms in total. The van der Waals surface area contributed by atoms with Crippen LogP contribution < -0.4 is 0 Å². The zero-order valence-electron chi connectivity index (χ0n) is 7.97. The minimum atomic E-state index is -1.65. The smallest absolute Gasteiger partial charge is 0.423 e. The first-order chi connectivity index (χ1) is 6.74. The number of amides is 1. The van der Waals surface area contributed by atoms with Crippen LogP contribution in [0.3, 0.4) is 0 Å². The van der Waals surface area contributed by atoms with Gasteiger partial charge in [0.1, 0.15) is 0 Å². The molecule has 0 bridgehead atoms. The molecule has 1 heterocycles. The molecule has 6 heteroatoms. The van der Waals surface area contributed by atoms with E-state index in [1.807, 2.05) is 0 Å². The number of ether oxygens (including phenoxy) is 1. The number of methoxy groups -OCH3 is 1. The van der Waals surface area contributed by atoms with Crippen LogP contribution >= 0.6 is 0 Å². The summed E-state index contributed by atoms with van der Waals surface area (Å²) in [6.45, 7) is 0. The number of hydrogen-bond acceptors (Lipinski definition) is 4. The quantitative estimate of drug-likeness (QED) is 0.609. The molecule has 80 valence electrons. The van der Waals surface area contributed by atoms with E-state index in [9.17, 15) is 9.00 Å². The fourth-order valence-corrected chi connectivity index (χ4v) is 3.19. The summed E-state index contributed by atoms with van der Waals surface area (Å²) in [4.78, 5) is 11.3. The molecule has 2 fully saturated rings. The van der Waals surface area contributed by atoms with Crippen molar-refractivity contribution in [2.45, 2.75) is 37.8 Å². The molecule has 1 aliphatic carbocycles. The molecule has 1 saturated carbocycles. The second kappa shape index (κ2) is 3.86. The lowest BCUT2D eigenvalue weighted by atomic mass is 9.93. The maximum absolute atomic E-state index is 11.5. The highest BCUT2D eigenvalue weighted by Gasteiger charge is 2.45. The van der Waals surface area contributed by atoms with Crippen molar-refractivity contribution in [1.82, 2.24) is 4.31 Å². The van der Waals surface area contributed by atoms with Gasteiger partial charge in [-0.05, 0) is 12.8 Å². The van der Waals surface area contributed by atoms with Crippen LogP contribution in [0.15, 0.2) is 0 Å². The lowest BCUT2D eigenvalue weighted by Gasteiger charge is -2.25. The third-order valence-electron chi connectivity index (χ3n) is 2.69. The maximum atomic E-state index is 11.5. The Morgan fingerprint density at radius 3 is 2.93 bits per heavy atom. The minimum Gasteiger partial charge on any atom is -0.452 e. The topological polar surface area (TPSA) is 55.8 Å². The largest absolute Gasteiger partial charge is 0.452 e. The van der Waals surface area contributed by atoms with E-state index in [1.165, 1.54) is 11.4 Å². The summed E-state index contributed by atoms with van der Waals surface area (Å²) in [5.41, 5.74) is 0. The van der Waals surface area contributed by atoms with Crippen molar-refractivity contribution in [1.29, 1.82) is 0 Å². The number of carbonyl (C=O) groups is 1. The molecule has 1 aliphatic heterocycles. The average Bonchev–Trinajstić information content (AvgIpc) is 2.53. The van der Waals surface area contributed by atoms with Gasteiger partial charge in [-0.2, -0.15) is 4.31 Å². The summed E-state index contributed by atoms with van der Waals surface area (Å²) in [6, 6.07) is -0.0583. The molecule has 0 spiro atoms. The summed E-state index contributed by atoms with van der Waals surface area (Å²) < 4.78 is 22.4. The number of carbonyl (C=O) groups excluding carboxylic acids is 1. The van der Waals surface area contributed by atoms with Crippen LogP contribution in [0.2, 0.25) is 0 Å². The first kappa shape index (κ1) is 9.92. The van der Waals surface area contributed by atoms with Crippen molar-refractivity contribution in [2.75, 3.05) is 7.11 Å². The van der Waals surface area contributed by atoms with Gasteiger partial charge in [0.15, 0.2) is 0 Å². The predicted molar refractivity (Wildman–Crippen MR) is 49.5 cm³/mol. The first-order valence-electron chi connectivity index (χ1n) is 4.70. The second-order valence-corrected chi connectivity index (χ2v) is 4.52. The van der Waals surface area contributed by atoms with E-state index in [4.69, 9.17) is 4.18 Å². The third kappa shape index (κ3) is 1.52. The molecular weight excluding hydrogens is 206 g/mol. The Bertz CT molecular complexity index is 270. The molecular formula is C8H13NO4S. The molecule has 3 atom stereocenters. The Labute approximate surface area is 85.1 Å². The van der Waals surface area contributed by atoms with Gasteiger partial charge in [0.2, 0.25) is 0 Å². The Morgan fingerprint density at radius 1 is 1.50 bits per heavy atom. The maximum Gasteiger partial charge on any atom is 0.423 e. The van der Waals surface area contributed by atoms with Gasteiger partial charge < -0.3 is 4.74 Å². The second-order valence-electron chi connectivity index (χ2n) is 3.50. The summed E-state index contributed by atoms with van der Waals surface area (Å²) in [7, 11) is 1.29. The molecule has 2 rings (SSSR count). The summed E-state index contributed by atoms with van der Waals surface area (Å²) in [6.07, 6.45) is 3.24. The lowest BCUT2D eigenvalue weighted by molar-refractivity contribution is 0.116. The highest BCUT2D eigenvalue weighted by atomic mass is 32.2. The number of hydrogen-bond donors (Lipinski definition) is 0. The monoisotopic (exact) mass is 219 g/mol. The Kier molecular flexibility index (Phi) is 2.73. The zero-order chi connectivity index (χ0) is 10.1. The highest BCUT2D eigenvalue weighted by Crippen LogP contribution is 2.33. The van der Waals surface area contributed by atoms with E-state index < -0.39 is 17.4 Å². The highest BCUT2D eigenvalue weighted by molar-refractivity contribution is 7.78. The van der Waals surface area contributed by atoms with Crippen molar-refractivity contribution >= 4 is 17.4 Å². The molecule has 0 radical (unpaired) electrons. The fraction of sp³-hybridized carbons (Fsp3) is 0.875. The summed E-state index contributed by atoms with van der Waals surface area (Å²) in [5, 5.41) is 0. The Balaban J connectivity index is 2.15. The summed E-state index contributed by atoms with van der Waals surface area (Å²) >= 11 is -1.65. The number of rotatable bonds is 0. The van der Waals surface area contributed by atoms with E-state index in [0.29, 0.717) is 0 Å². The molecule has 0 aromatic carbocycles. The molecule has 14 heavy (non-hydrogen) atoms. The first-order valence-corrected chi connectivity index (χ1v) is 5.73. The predicted octanol–water partition coefficient (Wildman–Crippen LogP) is 0.975. The van der Waals surface area contributed by atoms with Gasteiger partial charge in [0, 0.05) is 0 Å². The van der Waals surface area contributed by atoms with Crippen LogP contribution in [0.5, 0.6) is 0 Å². The average molecular weight is 219 g/mol. The van der Waals surface area contributed by atoms with Crippen molar-refractivity contribution in [3.05, 3.63) is 0 Å². The zero-order valence-corrected chi connectivity index (χ0v) is 8.79. The van der Waals surface area contributed by atoms with E-state index in [2.05, 4.69) is 4.74 Å². The number of nitrogens with zero attached hydrogens (tertiary/aromatic N) is 1. The van der Waals surface area contributed by atoms with E-state index in [-0.39, 0.29) is 12.1 Å². The van der Waals surface area contributed by atoms with Crippen LogP contribution in [0.4, 0.5) is 4.79 Å². The molecule has 0 aromatic rings. The van der Waals surface area contributed by atoms with Crippen molar-refractivity contribution in [2.24, 2.45) is 0 Å². The molecule has 1 saturated heterocycles. The normalized spacial score (nSPS) is 36.6. The van der Waals surface area contributed by atoms with Crippen molar-refractivity contribution in [3.8, 4) is 0 Å². The standard InChI is InChI=1S/C8H13NO4S/c1-12-8(10)9-6-4-2-3-5-7(6)13-14(9)11/h6-7H,2-5H2,1H3/t6-,7-,14?/m1/s1. The molecule has 1 amide bonds. The van der Waals surface area contributed by atoms with Crippen LogP contribution in [0, 0.1) is 0 Å². The Morgan fingerprint density at radius 2 is 2.21 bits per heavy atom. The van der Waals surface area contributed by atoms with Gasteiger partial charge in [0.25, 0.3) is 11.3 Å². The molecule has 0 N–H and O–H groups in total. The van der Waals surface area contributed by atoms with Gasteiger partial charge in [-0.1, -0.05) is 12.8 Å². The van der Waals surface area contributed by atoms with E-state index in [1.54, 1.807) is 0 Å². The van der Waals surface area contributed by atoms with Gasteiger partial charge in [0.05, 0.1) is 19.3 Å². The SMILES string of the molecule is COC(=O)N1[C@@H]2CCCC[C@H]2OS1=O. The van der Waals surface area contributed by atoms with E-state index in [0.717, 1.165) is 25.7 Å². The molecule has 1 unspecified atom stereocenters. The minimum absolute atomic E-state index is 0.0583. The van der Waals surface area contributed by atoms with Crippen molar-refractivity contribution in [3.63, 3.8) is 0 Å². The van der Waals surface area contributed by atoms with Crippen LogP contribution in [0.1, 0.15) is 25.7 Å². The van der Waals surface area contributed by atoms with Crippen LogP contribution in [-0.2, 0) is 20.2 Å². The fourth-order valence-electron chi connectivity index (χ4n) is 2.01. The summed E-state index contributed by atoms with van der Waals surface area (Å²) in [5.74, 6) is 0. The molecule has 2 aliphatic rings. The van der Waals surface area contributed by atoms with Gasteiger partial charge in [-0.15, -0.1) is 0 Å². The van der Waals surface area contributed by atoms with Crippen molar-refractivity contribution < 1.29 is 17.9 Å². The van der Waals surface area contributed by atoms with Gasteiger partial charge >= 0.3 is 6.09 Å². The van der Waals surface area contributed by atoms with Gasteiger partial charge in [-0.25, -0.2) is 9.00 Å². The lowest BCUT2D eigenvalue weighted by Crippen LogP contribution is -2.41. The third-order valence-corrected chi connectivity index (χ3v) is 3.84. The molecule has 0 aromatic heterocycles. The Hall–Kier alpha value is -0.620. The van der Waals surface area contributed by atoms with Crippen LogP contribution in [0.25, 0.3) is 0 Å². The van der Waals surface area contributed by atoms with E-state index >= 15 is 0 Å². The number of fused-ring (bicyclic) bond motifs is 1. The van der Waals surface area contributed by atoms with Crippen LogP contribution in [-0.4, -0.2) is 33.9 Å².